The van der Waals surface area contributed by atoms with Crippen LogP contribution in [-0.2, 0) is 76.1 Å². The molecule has 6 aliphatic heterocycles. The number of carbonyl (C=O) groups excluding carboxylic acids is 4. The van der Waals surface area contributed by atoms with Gasteiger partial charge in [-0.25, -0.2) is 4.79 Å². The first-order chi connectivity index (χ1) is 39.4. The lowest BCUT2D eigenvalue weighted by Gasteiger charge is -2.52. The maximum absolute atomic E-state index is 13.2. The van der Waals surface area contributed by atoms with E-state index in [1.165, 1.54) is 6.92 Å². The SMILES string of the molecule is CC(=O)N[C@H]1[C@H](O[C@H]2[C@@H](O)[C@@H](CO[C@@H]3O[C@H](CO)[C@@H](O[C@@H]4O[C@H](CO)[C@H](O)[C@H](O[C@]5(C(=O)O)C[C@H](O)[C@@H](NC(C)=O)[C@H]([C@H](O)[C@H](O)CO)O5)[C@H]4O)[C@H](O[C@@H]4O[C@@H](C)[C@@H](O)[C@@H](O)[C@@H]4O)[C@H]3NC(C)=O)OC(O)[C@@H]2NC(C)=O)O[C@H](CO)[C@@H](O)[C@@H]1O. The molecular weight excluding hydrogens is 1150 g/mol. The minimum Gasteiger partial charge on any atom is -0.477 e. The Labute approximate surface area is 476 Å². The number of aliphatic carboxylic acids is 1. The van der Waals surface area contributed by atoms with Crippen LogP contribution < -0.4 is 21.3 Å². The molecule has 0 bridgehead atoms. The number of rotatable bonds is 22. The highest BCUT2D eigenvalue weighted by Crippen LogP contribution is 2.40. The summed E-state index contributed by atoms with van der Waals surface area (Å²) in [7, 11) is 0. The van der Waals surface area contributed by atoms with Crippen molar-refractivity contribution in [2.75, 3.05) is 33.0 Å². The average Bonchev–Trinajstić information content (AvgIpc) is 1.28. The van der Waals surface area contributed by atoms with Gasteiger partial charge in [0, 0.05) is 34.1 Å². The Bertz CT molecular complexity index is 2200. The van der Waals surface area contributed by atoms with E-state index in [1.54, 1.807) is 0 Å². The molecule has 1 unspecified atom stereocenters. The average molecular weight is 1230 g/mol. The molecule has 4 amide bonds. The summed E-state index contributed by atoms with van der Waals surface area (Å²) < 4.78 is 64.8. The Morgan fingerprint density at radius 1 is 0.512 bits per heavy atom. The van der Waals surface area contributed by atoms with Gasteiger partial charge in [-0.1, -0.05) is 0 Å². The minimum atomic E-state index is -3.24. The molecule has 0 aromatic rings. The number of nitrogens with one attached hydrogen (secondary N) is 4. The lowest BCUT2D eigenvalue weighted by atomic mass is 9.88. The van der Waals surface area contributed by atoms with Crippen LogP contribution in [0.2, 0.25) is 0 Å². The normalized spacial score (nSPS) is 45.3. The van der Waals surface area contributed by atoms with Gasteiger partial charge in [0.1, 0.15) is 134 Å². The van der Waals surface area contributed by atoms with E-state index in [1.807, 2.05) is 0 Å². The Morgan fingerprint density at radius 3 is 1.58 bits per heavy atom. The van der Waals surface area contributed by atoms with Crippen molar-refractivity contribution in [2.24, 2.45) is 0 Å². The molecule has 0 saturated carbocycles. The number of carbonyl (C=O) groups is 5. The second-order valence-electron chi connectivity index (χ2n) is 21.2. The molecule has 31 atom stereocenters. The highest BCUT2D eigenvalue weighted by atomic mass is 16.8. The molecule has 0 aliphatic carbocycles. The molecule has 6 saturated heterocycles. The molecule has 0 spiro atoms. The van der Waals surface area contributed by atoms with E-state index in [-0.39, 0.29) is 0 Å². The second kappa shape index (κ2) is 29.5. The fourth-order valence-corrected chi connectivity index (χ4v) is 10.7. The van der Waals surface area contributed by atoms with Gasteiger partial charge in [0.25, 0.3) is 5.79 Å². The maximum Gasteiger partial charge on any atom is 0.364 e. The zero-order valence-corrected chi connectivity index (χ0v) is 45.7. The van der Waals surface area contributed by atoms with E-state index in [2.05, 4.69) is 21.3 Å². The third kappa shape index (κ3) is 15.4. The maximum atomic E-state index is 13.2. The molecule has 484 valence electrons. The number of carboxylic acids is 1. The van der Waals surface area contributed by atoms with E-state index in [0.717, 1.165) is 27.7 Å². The van der Waals surface area contributed by atoms with Gasteiger partial charge in [-0.15, -0.1) is 0 Å². The summed E-state index contributed by atoms with van der Waals surface area (Å²) in [4.78, 5) is 63.1. The molecule has 37 nitrogen and oxygen atoms in total. The van der Waals surface area contributed by atoms with E-state index in [9.17, 15) is 111 Å². The number of amides is 4. The molecule has 21 N–H and O–H groups in total. The Kier molecular flexibility index (Phi) is 24.4. The molecule has 84 heavy (non-hydrogen) atoms. The van der Waals surface area contributed by atoms with Crippen LogP contribution in [0.1, 0.15) is 41.0 Å². The topological polar surface area (TPSA) is 579 Å². The van der Waals surface area contributed by atoms with Crippen LogP contribution in [0.25, 0.3) is 0 Å². The summed E-state index contributed by atoms with van der Waals surface area (Å²) >= 11 is 0. The Hall–Kier alpha value is -3.73. The van der Waals surface area contributed by atoms with Crippen molar-refractivity contribution in [1.82, 2.24) is 21.3 Å². The number of aliphatic hydroxyl groups is 16. The summed E-state index contributed by atoms with van der Waals surface area (Å²) in [5, 5.41) is 194. The molecule has 0 radical (unpaired) electrons. The van der Waals surface area contributed by atoms with E-state index < -0.39 is 259 Å². The van der Waals surface area contributed by atoms with E-state index in [0.29, 0.717) is 0 Å². The molecule has 6 rings (SSSR count). The fourth-order valence-electron chi connectivity index (χ4n) is 10.7. The van der Waals surface area contributed by atoms with Crippen molar-refractivity contribution in [3.63, 3.8) is 0 Å². The number of ether oxygens (including phenoxy) is 11. The van der Waals surface area contributed by atoms with E-state index in [4.69, 9.17) is 52.1 Å². The van der Waals surface area contributed by atoms with Gasteiger partial charge in [0.2, 0.25) is 23.6 Å². The standard InChI is InChI=1S/C47H78N4O33/c1-12-27(62)33(68)34(69)44(75-12)82-39-26(51-16(5)59)42(74-11-22-31(66)37(25(41(71)76-22)50-15(4)58)81-43-24(49-14(3)57)32(67)29(64)19(8-53)77-43)79-21(10-55)36(39)80-45-35(70)40(30(65)20(9-54)78-45)84-47(46(72)73)6-17(60)23(48-13(2)56)38(83-47)28(63)18(61)7-52/h12,17-45,52-55,60-71H,6-11H2,1-5H3,(H,48,56)(H,49,57)(H,50,58)(H,51,59)(H,72,73)/t12-,17-,18+,19+,20+,21+,22+,23+,24+,25+,26+,27+,28+,29+,30-,31-,32+,33+,34-,35+,36+,37+,38+,39+,40-,41?,42+,43-,44-,45-,47-/m0/s1. The highest BCUT2D eigenvalue weighted by molar-refractivity contribution is 5.77. The predicted molar refractivity (Wildman–Crippen MR) is 261 cm³/mol. The Balaban J connectivity index is 1.35. The number of carboxylic acid groups (broad SMARTS) is 1. The summed E-state index contributed by atoms with van der Waals surface area (Å²) in [6.07, 6.45) is -52.8. The van der Waals surface area contributed by atoms with Gasteiger partial charge in [-0.2, -0.15) is 0 Å². The number of hydrogen-bond acceptors (Lipinski definition) is 32. The van der Waals surface area contributed by atoms with Crippen LogP contribution in [0, 0.1) is 0 Å². The van der Waals surface area contributed by atoms with Gasteiger partial charge in [0.05, 0.1) is 51.3 Å². The first-order valence-corrected chi connectivity index (χ1v) is 26.6. The third-order valence-electron chi connectivity index (χ3n) is 15.0. The molecule has 0 aromatic carbocycles. The van der Waals surface area contributed by atoms with Gasteiger partial charge in [-0.3, -0.25) is 19.2 Å². The summed E-state index contributed by atoms with van der Waals surface area (Å²) in [5.41, 5.74) is 0. The molecule has 6 heterocycles. The van der Waals surface area contributed by atoms with Gasteiger partial charge < -0.3 is 160 Å². The van der Waals surface area contributed by atoms with Crippen molar-refractivity contribution in [3.05, 3.63) is 0 Å². The first kappa shape index (κ1) is 69.4. The quantitative estimate of drug-likeness (QED) is 0.0479. The molecule has 37 heteroatoms. The highest BCUT2D eigenvalue weighted by Gasteiger charge is 2.61. The molecule has 6 fully saturated rings. The predicted octanol–water partition coefficient (Wildman–Crippen LogP) is -13.3. The Morgan fingerprint density at radius 2 is 1.01 bits per heavy atom. The molecule has 6 aliphatic rings. The number of hydrogen-bond donors (Lipinski definition) is 21. The van der Waals surface area contributed by atoms with Gasteiger partial charge in [0.15, 0.2) is 31.5 Å². The smallest absolute Gasteiger partial charge is 0.364 e. The lowest BCUT2D eigenvalue weighted by Crippen LogP contribution is -2.71. The van der Waals surface area contributed by atoms with Crippen LogP contribution in [0.3, 0.4) is 0 Å². The van der Waals surface area contributed by atoms with Crippen LogP contribution in [0.15, 0.2) is 0 Å². The third-order valence-corrected chi connectivity index (χ3v) is 15.0. The molecular formula is C47H78N4O33. The largest absolute Gasteiger partial charge is 0.477 e. The minimum absolute atomic E-state index is 0.767. The van der Waals surface area contributed by atoms with Crippen LogP contribution in [0.4, 0.5) is 0 Å². The van der Waals surface area contributed by atoms with Crippen molar-refractivity contribution < 1.29 is 163 Å². The van der Waals surface area contributed by atoms with Crippen LogP contribution in [-0.4, -0.2) is 339 Å². The van der Waals surface area contributed by atoms with Crippen molar-refractivity contribution >= 4 is 29.6 Å². The van der Waals surface area contributed by atoms with Crippen molar-refractivity contribution in [2.45, 2.75) is 231 Å². The fraction of sp³-hybridized carbons (Fsp3) is 0.894. The summed E-state index contributed by atoms with van der Waals surface area (Å²) in [5.74, 6) is -8.67. The first-order valence-electron chi connectivity index (χ1n) is 26.6. The van der Waals surface area contributed by atoms with Crippen LogP contribution in [0.5, 0.6) is 0 Å². The monoisotopic (exact) mass is 1230 g/mol. The lowest BCUT2D eigenvalue weighted by molar-refractivity contribution is -0.392. The summed E-state index contributed by atoms with van der Waals surface area (Å²) in [6.45, 7) is -0.0196. The zero-order valence-electron chi connectivity index (χ0n) is 45.7. The van der Waals surface area contributed by atoms with E-state index >= 15 is 0 Å². The van der Waals surface area contributed by atoms with Crippen molar-refractivity contribution in [1.29, 1.82) is 0 Å². The molecule has 0 aromatic heterocycles. The number of aliphatic hydroxyl groups excluding tert-OH is 16. The van der Waals surface area contributed by atoms with Gasteiger partial charge >= 0.3 is 5.97 Å². The van der Waals surface area contributed by atoms with Crippen molar-refractivity contribution in [3.8, 4) is 0 Å². The summed E-state index contributed by atoms with van der Waals surface area (Å²) in [6, 6.07) is -6.83. The zero-order chi connectivity index (χ0) is 62.6. The van der Waals surface area contributed by atoms with Gasteiger partial charge in [-0.05, 0) is 6.92 Å². The second-order valence-corrected chi connectivity index (χ2v) is 21.2. The van der Waals surface area contributed by atoms with Crippen LogP contribution >= 0.6 is 0 Å².